The monoisotopic (exact) mass is 494 g/mol. The van der Waals surface area contributed by atoms with E-state index in [0.717, 1.165) is 29.7 Å². The highest BCUT2D eigenvalue weighted by Crippen LogP contribution is 2.46. The van der Waals surface area contributed by atoms with Crippen LogP contribution in [0.3, 0.4) is 0 Å². The van der Waals surface area contributed by atoms with E-state index in [-0.39, 0.29) is 17.6 Å². The molecule has 0 aliphatic carbocycles. The standard InChI is InChI=1S/C17H16ClNO5S.C2H2F3NO/c18-16-12-5-6-19-8-14(13(12)7-15-17(16)24-9-23-15)10-1-3-11(4-2-10)25(20,21)22;3-2(4,5)1(6)7/h1-4,7,14,19H,5-6,8-9H2,(H,20,21,22);(H2,6,7). The van der Waals surface area contributed by atoms with E-state index in [9.17, 15) is 21.6 Å². The number of primary amides is 1. The minimum atomic E-state index is -4.86. The van der Waals surface area contributed by atoms with Gasteiger partial charge in [-0.1, -0.05) is 23.7 Å². The van der Waals surface area contributed by atoms with Crippen molar-refractivity contribution in [1.82, 2.24) is 5.32 Å². The van der Waals surface area contributed by atoms with Gasteiger partial charge in [-0.15, -0.1) is 0 Å². The molecule has 2 aliphatic heterocycles. The number of hydrogen-bond donors (Lipinski definition) is 3. The fourth-order valence-corrected chi connectivity index (χ4v) is 4.19. The van der Waals surface area contributed by atoms with E-state index >= 15 is 0 Å². The van der Waals surface area contributed by atoms with Crippen LogP contribution in [0.15, 0.2) is 35.2 Å². The van der Waals surface area contributed by atoms with Crippen LogP contribution in [0.25, 0.3) is 0 Å². The molecule has 0 saturated heterocycles. The predicted molar refractivity (Wildman–Crippen MR) is 107 cm³/mol. The summed E-state index contributed by atoms with van der Waals surface area (Å²) >= 11 is 6.54. The molecule has 0 aromatic heterocycles. The van der Waals surface area contributed by atoms with Crippen LogP contribution >= 0.6 is 11.6 Å². The SMILES string of the molecule is NC(=O)C(F)(F)F.O=S(=O)(O)c1ccc(C2CNCCc3c2cc2c(c3Cl)OCO2)cc1. The Morgan fingerprint density at radius 2 is 1.84 bits per heavy atom. The quantitative estimate of drug-likeness (QED) is 0.547. The minimum absolute atomic E-state index is 0.0139. The molecule has 2 aromatic rings. The molecule has 2 aromatic carbocycles. The molecular formula is C19H18ClF3N2O6S. The molecule has 2 heterocycles. The molecule has 8 nitrogen and oxygen atoms in total. The number of alkyl halides is 3. The van der Waals surface area contributed by atoms with Gasteiger partial charge in [-0.2, -0.15) is 21.6 Å². The van der Waals surface area contributed by atoms with Gasteiger partial charge < -0.3 is 20.5 Å². The average Bonchev–Trinajstić information content (AvgIpc) is 3.07. The third-order valence-corrected chi connectivity index (χ3v) is 6.14. The van der Waals surface area contributed by atoms with E-state index in [4.69, 9.17) is 30.4 Å². The Hall–Kier alpha value is -2.54. The Kier molecular flexibility index (Phi) is 6.89. The van der Waals surface area contributed by atoms with Crippen molar-refractivity contribution >= 4 is 27.6 Å². The van der Waals surface area contributed by atoms with Crippen molar-refractivity contribution in [3.05, 3.63) is 52.0 Å². The molecule has 13 heteroatoms. The Morgan fingerprint density at radius 3 is 2.41 bits per heavy atom. The van der Waals surface area contributed by atoms with Gasteiger partial charge in [0.2, 0.25) is 6.79 Å². The Bertz CT molecular complexity index is 1120. The van der Waals surface area contributed by atoms with Gasteiger partial charge in [0.05, 0.1) is 9.92 Å². The molecule has 1 atom stereocenters. The molecule has 2 aliphatic rings. The van der Waals surface area contributed by atoms with Crippen molar-refractivity contribution < 1.29 is 40.4 Å². The summed E-state index contributed by atoms with van der Waals surface area (Å²) in [5.41, 5.74) is 6.79. The lowest BCUT2D eigenvalue weighted by Crippen LogP contribution is -2.30. The zero-order chi connectivity index (χ0) is 23.7. The highest BCUT2D eigenvalue weighted by Gasteiger charge is 2.35. The Labute approximate surface area is 186 Å². The van der Waals surface area contributed by atoms with Gasteiger partial charge >= 0.3 is 12.1 Å². The van der Waals surface area contributed by atoms with Gasteiger partial charge in [-0.05, 0) is 47.9 Å². The van der Waals surface area contributed by atoms with Gasteiger partial charge in [0.25, 0.3) is 10.1 Å². The van der Waals surface area contributed by atoms with Gasteiger partial charge in [0.1, 0.15) is 0 Å². The zero-order valence-corrected chi connectivity index (χ0v) is 17.9. The number of benzene rings is 2. The fraction of sp³-hybridized carbons (Fsp3) is 0.316. The van der Waals surface area contributed by atoms with Gasteiger partial charge in [0, 0.05) is 12.5 Å². The second-order valence-corrected chi connectivity index (χ2v) is 8.70. The van der Waals surface area contributed by atoms with E-state index in [0.29, 0.717) is 23.1 Å². The lowest BCUT2D eigenvalue weighted by molar-refractivity contribution is -0.169. The van der Waals surface area contributed by atoms with Crippen molar-refractivity contribution in [2.24, 2.45) is 5.73 Å². The number of hydrogen-bond acceptors (Lipinski definition) is 6. The van der Waals surface area contributed by atoms with E-state index in [1.807, 2.05) is 6.07 Å². The van der Waals surface area contributed by atoms with Crippen LogP contribution in [0.1, 0.15) is 22.6 Å². The second kappa shape index (κ2) is 9.14. The molecule has 0 fully saturated rings. The summed E-state index contributed by atoms with van der Waals surface area (Å²) in [6.07, 6.45) is -4.09. The first-order chi connectivity index (χ1) is 14.9. The number of nitrogens with one attached hydrogen (secondary N) is 1. The number of fused-ring (bicyclic) bond motifs is 2. The second-order valence-electron chi connectivity index (χ2n) is 6.90. The van der Waals surface area contributed by atoms with Crippen LogP contribution in [0, 0.1) is 0 Å². The summed E-state index contributed by atoms with van der Waals surface area (Å²) in [7, 11) is -4.21. The van der Waals surface area contributed by atoms with Crippen LogP contribution in [-0.4, -0.2) is 44.9 Å². The number of rotatable bonds is 2. The predicted octanol–water partition coefficient (Wildman–Crippen LogP) is 2.63. The molecule has 0 saturated carbocycles. The van der Waals surface area contributed by atoms with Gasteiger partial charge in [-0.3, -0.25) is 9.35 Å². The van der Waals surface area contributed by atoms with Crippen LogP contribution in [-0.2, 0) is 21.3 Å². The van der Waals surface area contributed by atoms with Crippen molar-refractivity contribution in [2.75, 3.05) is 19.9 Å². The topological polar surface area (TPSA) is 128 Å². The van der Waals surface area contributed by atoms with E-state index in [1.54, 1.807) is 12.1 Å². The summed E-state index contributed by atoms with van der Waals surface area (Å²) in [4.78, 5) is 8.99. The summed E-state index contributed by atoms with van der Waals surface area (Å²) in [6.45, 7) is 1.63. The first-order valence-electron chi connectivity index (χ1n) is 9.15. The highest BCUT2D eigenvalue weighted by atomic mass is 35.5. The fourth-order valence-electron chi connectivity index (χ4n) is 3.36. The highest BCUT2D eigenvalue weighted by molar-refractivity contribution is 7.85. The molecule has 4 rings (SSSR count). The number of carbonyl (C=O) groups is 1. The van der Waals surface area contributed by atoms with Crippen molar-refractivity contribution in [3.8, 4) is 11.5 Å². The molecule has 0 bridgehead atoms. The maximum atomic E-state index is 11.2. The normalized spacial score (nSPS) is 17.6. The van der Waals surface area contributed by atoms with E-state index in [2.05, 4.69) is 11.1 Å². The first-order valence-corrected chi connectivity index (χ1v) is 11.0. The molecule has 1 unspecified atom stereocenters. The van der Waals surface area contributed by atoms with E-state index < -0.39 is 22.2 Å². The van der Waals surface area contributed by atoms with Crippen molar-refractivity contribution in [3.63, 3.8) is 0 Å². The smallest absolute Gasteiger partial charge is 0.454 e. The largest absolute Gasteiger partial charge is 0.470 e. The Balaban J connectivity index is 0.000000360. The minimum Gasteiger partial charge on any atom is -0.454 e. The summed E-state index contributed by atoms with van der Waals surface area (Å²) in [5, 5.41) is 3.96. The summed E-state index contributed by atoms with van der Waals surface area (Å²) in [5.74, 6) is -1.06. The number of carbonyl (C=O) groups excluding carboxylic acids is 1. The first kappa shape index (κ1) is 24.1. The van der Waals surface area contributed by atoms with Crippen molar-refractivity contribution in [1.29, 1.82) is 0 Å². The van der Waals surface area contributed by atoms with E-state index in [1.165, 1.54) is 12.1 Å². The lowest BCUT2D eigenvalue weighted by Gasteiger charge is -2.20. The molecule has 1 amide bonds. The molecule has 4 N–H and O–H groups in total. The third-order valence-electron chi connectivity index (χ3n) is 4.88. The van der Waals surface area contributed by atoms with Gasteiger partial charge in [0.15, 0.2) is 11.5 Å². The maximum Gasteiger partial charge on any atom is 0.470 e. The molecular weight excluding hydrogens is 477 g/mol. The molecule has 0 spiro atoms. The number of amides is 1. The summed E-state index contributed by atoms with van der Waals surface area (Å²) in [6, 6.07) is 8.19. The molecule has 32 heavy (non-hydrogen) atoms. The lowest BCUT2D eigenvalue weighted by atomic mass is 9.87. The van der Waals surface area contributed by atoms with Crippen molar-refractivity contribution in [2.45, 2.75) is 23.4 Å². The number of ether oxygens (including phenoxy) is 2. The molecule has 0 radical (unpaired) electrons. The average molecular weight is 495 g/mol. The summed E-state index contributed by atoms with van der Waals surface area (Å²) < 4.78 is 74.7. The molecule has 174 valence electrons. The zero-order valence-electron chi connectivity index (χ0n) is 16.3. The Morgan fingerprint density at radius 1 is 1.22 bits per heavy atom. The number of halogens is 4. The maximum absolute atomic E-state index is 11.2. The van der Waals surface area contributed by atoms with Crippen LogP contribution in [0.5, 0.6) is 11.5 Å². The van der Waals surface area contributed by atoms with Crippen LogP contribution < -0.4 is 20.5 Å². The van der Waals surface area contributed by atoms with Crippen LogP contribution in [0.4, 0.5) is 13.2 Å². The number of nitrogens with two attached hydrogens (primary N) is 1. The van der Waals surface area contributed by atoms with Gasteiger partial charge in [-0.25, -0.2) is 0 Å². The third kappa shape index (κ3) is 5.26. The van der Waals surface area contributed by atoms with Crippen LogP contribution in [0.2, 0.25) is 5.02 Å².